The van der Waals surface area contributed by atoms with Crippen LogP contribution in [0, 0.1) is 0 Å². The third-order valence-electron chi connectivity index (χ3n) is 7.37. The van der Waals surface area contributed by atoms with Crippen molar-refractivity contribution in [3.63, 3.8) is 0 Å². The van der Waals surface area contributed by atoms with Crippen molar-refractivity contribution in [3.05, 3.63) is 83.7 Å². The highest BCUT2D eigenvalue weighted by molar-refractivity contribution is 6.03. The number of esters is 2. The summed E-state index contributed by atoms with van der Waals surface area (Å²) in [5, 5.41) is 2.96. The number of unbranched alkanes of at least 4 members (excludes halogenated alkanes) is 1. The van der Waals surface area contributed by atoms with Gasteiger partial charge in [0, 0.05) is 31.7 Å². The fraction of sp³-hybridized carbons (Fsp3) is 0.312. The second-order valence-electron chi connectivity index (χ2n) is 10.5. The van der Waals surface area contributed by atoms with Gasteiger partial charge >= 0.3 is 24.1 Å². The molecule has 1 fully saturated rings. The first-order chi connectivity index (χ1) is 20.6. The zero-order valence-electron chi connectivity index (χ0n) is 24.1. The highest BCUT2D eigenvalue weighted by Gasteiger charge is 2.42. The number of carbonyl (C=O) groups is 3. The number of likely N-dealkylation sites (tertiary alicyclic amines) is 1. The van der Waals surface area contributed by atoms with E-state index in [1.165, 1.54) is 6.07 Å². The summed E-state index contributed by atoms with van der Waals surface area (Å²) in [6, 6.07) is 18.8. The third kappa shape index (κ3) is 7.25. The molecule has 0 atom stereocenters. The Morgan fingerprint density at radius 2 is 1.70 bits per heavy atom. The van der Waals surface area contributed by atoms with Crippen molar-refractivity contribution in [2.75, 3.05) is 18.4 Å². The first-order valence-electron chi connectivity index (χ1n) is 14.2. The van der Waals surface area contributed by atoms with Crippen molar-refractivity contribution in [2.45, 2.75) is 51.7 Å². The summed E-state index contributed by atoms with van der Waals surface area (Å²) in [4.78, 5) is 43.7. The van der Waals surface area contributed by atoms with Crippen molar-refractivity contribution in [3.8, 4) is 11.1 Å². The molecule has 232 valence electrons. The number of aryl methyl sites for hydroxylation is 1. The van der Waals surface area contributed by atoms with Crippen LogP contribution in [0.25, 0.3) is 22.2 Å². The molecule has 3 N–H and O–H groups in total. The molecule has 12 heteroatoms. The molecule has 0 spiro atoms. The first-order valence-corrected chi connectivity index (χ1v) is 14.2. The molecule has 5 rings (SSSR count). The molecule has 1 aliphatic rings. The maximum Gasteiger partial charge on any atom is 0.491 e. The van der Waals surface area contributed by atoms with Crippen molar-refractivity contribution in [2.24, 2.45) is 0 Å². The van der Waals surface area contributed by atoms with Gasteiger partial charge in [-0.1, -0.05) is 55.8 Å². The fourth-order valence-electron chi connectivity index (χ4n) is 5.18. The Morgan fingerprint density at radius 1 is 0.977 bits per heavy atom. The molecule has 0 bridgehead atoms. The van der Waals surface area contributed by atoms with E-state index < -0.39 is 18.1 Å². The van der Waals surface area contributed by atoms with E-state index in [-0.39, 0.29) is 23.6 Å². The van der Waals surface area contributed by atoms with Crippen LogP contribution in [-0.4, -0.2) is 57.2 Å². The van der Waals surface area contributed by atoms with E-state index in [0.29, 0.717) is 41.9 Å². The lowest BCUT2D eigenvalue weighted by molar-refractivity contribution is -0.193. The summed E-state index contributed by atoms with van der Waals surface area (Å²) in [7, 11) is 0. The molecule has 1 aliphatic heterocycles. The maximum atomic E-state index is 12.9. The van der Waals surface area contributed by atoms with Gasteiger partial charge in [-0.15, -0.1) is 0 Å². The zero-order valence-corrected chi connectivity index (χ0v) is 24.1. The predicted octanol–water partition coefficient (Wildman–Crippen LogP) is 6.14. The molecule has 3 aromatic carbocycles. The number of amides is 2. The summed E-state index contributed by atoms with van der Waals surface area (Å²) in [6.07, 6.45) is -0.864. The number of fused-ring (bicyclic) bond motifs is 1. The number of imidazole rings is 1. The number of urea groups is 1. The molecule has 2 amide bonds. The molecule has 1 aromatic heterocycles. The van der Waals surface area contributed by atoms with Gasteiger partial charge in [-0.2, -0.15) is 13.2 Å². The van der Waals surface area contributed by atoms with E-state index in [2.05, 4.69) is 17.0 Å². The van der Waals surface area contributed by atoms with E-state index in [4.69, 9.17) is 4.98 Å². The minimum atomic E-state index is -5.31. The van der Waals surface area contributed by atoms with Crippen LogP contribution in [0.15, 0.2) is 66.7 Å². The molecule has 0 aliphatic carbocycles. The molecule has 9 nitrogen and oxygen atoms in total. The van der Waals surface area contributed by atoms with Crippen LogP contribution < -0.4 is 5.32 Å². The smallest absolute Gasteiger partial charge is 0.412 e. The van der Waals surface area contributed by atoms with Gasteiger partial charge in [-0.05, 0) is 60.2 Å². The van der Waals surface area contributed by atoms with Gasteiger partial charge in [-0.3, -0.25) is 0 Å². The Morgan fingerprint density at radius 3 is 2.39 bits per heavy atom. The van der Waals surface area contributed by atoms with E-state index in [0.717, 1.165) is 42.5 Å². The van der Waals surface area contributed by atoms with Gasteiger partial charge in [-0.25, -0.2) is 19.4 Å². The summed E-state index contributed by atoms with van der Waals surface area (Å²) < 4.78 is 44.9. The van der Waals surface area contributed by atoms with Crippen molar-refractivity contribution >= 4 is 34.7 Å². The van der Waals surface area contributed by atoms with Gasteiger partial charge in [0.2, 0.25) is 0 Å². The van der Waals surface area contributed by atoms with Gasteiger partial charge in [0.05, 0.1) is 16.6 Å². The normalized spacial score (nSPS) is 13.0. The minimum Gasteiger partial charge on any atom is -0.412 e. The minimum absolute atomic E-state index is 0. The standard InChI is InChI=1S/C32H31F3N4O4.H2O/c1-2-3-11-28-37-26-15-13-23(36-31(42)38-16-7-8-17-38)19-27(26)39(28)20-21-12-14-24(22-9-5-4-6-10-22)25(18-21)29(40)43-30(41)32(33,34)35;/h4-6,9-10,12-15,18-19H,2-3,7-8,11,16-17,20H2,1H3,(H,36,42);1H2. The molecule has 0 unspecified atom stereocenters. The Hall–Kier alpha value is -4.71. The number of anilines is 1. The Bertz CT molecular complexity index is 1650. The lowest BCUT2D eigenvalue weighted by atomic mass is 9.97. The molecule has 44 heavy (non-hydrogen) atoms. The zero-order chi connectivity index (χ0) is 30.6. The van der Waals surface area contributed by atoms with Crippen molar-refractivity contribution < 1.29 is 37.8 Å². The number of ether oxygens (including phenoxy) is 1. The first kappa shape index (κ1) is 32.2. The molecule has 4 aromatic rings. The van der Waals surface area contributed by atoms with Gasteiger partial charge in [0.25, 0.3) is 0 Å². The van der Waals surface area contributed by atoms with E-state index in [1.54, 1.807) is 53.4 Å². The Kier molecular flexibility index (Phi) is 10.0. The maximum absolute atomic E-state index is 12.9. The Labute approximate surface area is 251 Å². The fourth-order valence-corrected chi connectivity index (χ4v) is 5.18. The monoisotopic (exact) mass is 610 g/mol. The van der Waals surface area contributed by atoms with Gasteiger partial charge in [0.1, 0.15) is 5.82 Å². The second-order valence-corrected chi connectivity index (χ2v) is 10.5. The predicted molar refractivity (Wildman–Crippen MR) is 159 cm³/mol. The summed E-state index contributed by atoms with van der Waals surface area (Å²) in [5.74, 6) is -3.17. The SMILES string of the molecule is CCCCc1nc2ccc(NC(=O)N3CCCC3)cc2n1Cc1ccc(-c2ccccc2)c(C(=O)OC(=O)C(F)(F)F)c1.O. The molecule has 0 saturated carbocycles. The number of benzene rings is 3. The number of nitrogens with one attached hydrogen (secondary N) is 1. The van der Waals surface area contributed by atoms with Crippen molar-refractivity contribution in [1.82, 2.24) is 14.5 Å². The molecule has 0 radical (unpaired) electrons. The lowest BCUT2D eigenvalue weighted by Gasteiger charge is -2.16. The number of alkyl halides is 3. The highest BCUT2D eigenvalue weighted by Crippen LogP contribution is 2.29. The van der Waals surface area contributed by atoms with Gasteiger partial charge < -0.3 is 25.0 Å². The average Bonchev–Trinajstić information content (AvgIpc) is 3.65. The number of carbonyl (C=O) groups excluding carboxylic acids is 3. The third-order valence-corrected chi connectivity index (χ3v) is 7.37. The number of aromatic nitrogens is 2. The number of halogens is 3. The highest BCUT2D eigenvalue weighted by atomic mass is 19.4. The van der Waals surface area contributed by atoms with Crippen LogP contribution in [-0.2, 0) is 22.5 Å². The Balaban J connectivity index is 0.00000442. The van der Waals surface area contributed by atoms with Crippen LogP contribution in [0.3, 0.4) is 0 Å². The van der Waals surface area contributed by atoms with Crippen molar-refractivity contribution in [1.29, 1.82) is 0 Å². The topological polar surface area (TPSA) is 125 Å². The summed E-state index contributed by atoms with van der Waals surface area (Å²) >= 11 is 0. The average molecular weight is 611 g/mol. The number of hydrogen-bond donors (Lipinski definition) is 1. The van der Waals surface area contributed by atoms with Gasteiger partial charge in [0.15, 0.2) is 0 Å². The summed E-state index contributed by atoms with van der Waals surface area (Å²) in [6.45, 7) is 3.74. The van der Waals surface area contributed by atoms with E-state index in [1.807, 2.05) is 16.7 Å². The van der Waals surface area contributed by atoms with E-state index >= 15 is 0 Å². The molecule has 2 heterocycles. The number of nitrogens with zero attached hydrogens (tertiary/aromatic N) is 3. The van der Waals surface area contributed by atoms with E-state index in [9.17, 15) is 27.6 Å². The van der Waals surface area contributed by atoms with Crippen LogP contribution in [0.1, 0.15) is 54.4 Å². The number of hydrogen-bond acceptors (Lipinski definition) is 5. The number of rotatable bonds is 8. The molecule has 1 saturated heterocycles. The summed E-state index contributed by atoms with van der Waals surface area (Å²) in [5.41, 5.74) is 3.43. The lowest BCUT2D eigenvalue weighted by Crippen LogP contribution is -2.32. The van der Waals surface area contributed by atoms with Crippen LogP contribution in [0.4, 0.5) is 23.7 Å². The van der Waals surface area contributed by atoms with Crippen LogP contribution in [0.2, 0.25) is 0 Å². The van der Waals surface area contributed by atoms with Crippen LogP contribution >= 0.6 is 0 Å². The second kappa shape index (κ2) is 13.7. The molecular formula is C32H33F3N4O5. The van der Waals surface area contributed by atoms with Crippen LogP contribution in [0.5, 0.6) is 0 Å². The molecular weight excluding hydrogens is 577 g/mol. The largest absolute Gasteiger partial charge is 0.491 e. The quantitative estimate of drug-likeness (QED) is 0.189.